The van der Waals surface area contributed by atoms with E-state index in [1.165, 1.54) is 5.57 Å². The molecule has 6 rings (SSSR count). The molecule has 9 unspecified atom stereocenters. The Hall–Kier alpha value is -3.04. The SMILES string of the molecule is CC(C)C1=C2C3CCC4C5(C)CCC(OC(=O)CC(C)(C)C(=O)O)C(C)(C)C5CCC4(C)C3(C)CCC2(C(O)CN(Cc2ccccc2)C(=O)CN)CC1=O. The van der Waals surface area contributed by atoms with Crippen molar-refractivity contribution in [1.82, 2.24) is 4.90 Å². The van der Waals surface area contributed by atoms with E-state index in [4.69, 9.17) is 10.5 Å². The molecule has 0 spiro atoms. The number of carboxylic acids is 1. The van der Waals surface area contributed by atoms with Crippen LogP contribution in [0, 0.1) is 56.2 Å². The van der Waals surface area contributed by atoms with Crippen molar-refractivity contribution >= 4 is 23.6 Å². The number of aliphatic carboxylic acids is 1. The molecule has 304 valence electrons. The number of nitrogens with two attached hydrogens (primary N) is 1. The maximum absolute atomic E-state index is 14.2. The van der Waals surface area contributed by atoms with E-state index < -0.39 is 28.9 Å². The monoisotopic (exact) mass is 761 g/mol. The third-order valence-corrected chi connectivity index (χ3v) is 16.6. The van der Waals surface area contributed by atoms with Crippen molar-refractivity contribution in [3.05, 3.63) is 47.0 Å². The quantitative estimate of drug-likeness (QED) is 0.194. The molecule has 55 heavy (non-hydrogen) atoms. The summed E-state index contributed by atoms with van der Waals surface area (Å²) in [6, 6.07) is 9.79. The lowest BCUT2D eigenvalue weighted by Gasteiger charge is -2.72. The third-order valence-electron chi connectivity index (χ3n) is 16.6. The fourth-order valence-corrected chi connectivity index (χ4v) is 13.5. The first-order chi connectivity index (χ1) is 25.6. The smallest absolute Gasteiger partial charge is 0.309 e. The number of ketones is 1. The van der Waals surface area contributed by atoms with Crippen LogP contribution >= 0.6 is 0 Å². The lowest BCUT2D eigenvalue weighted by Crippen LogP contribution is -2.66. The number of esters is 1. The molecule has 5 aliphatic carbocycles. The van der Waals surface area contributed by atoms with Gasteiger partial charge in [-0.05, 0) is 116 Å². The van der Waals surface area contributed by atoms with Crippen molar-refractivity contribution in [1.29, 1.82) is 0 Å². The van der Waals surface area contributed by atoms with Gasteiger partial charge in [0.1, 0.15) is 6.10 Å². The summed E-state index contributed by atoms with van der Waals surface area (Å²) in [6.07, 6.45) is 6.27. The van der Waals surface area contributed by atoms with E-state index in [1.807, 2.05) is 30.3 Å². The first kappa shape index (κ1) is 41.6. The van der Waals surface area contributed by atoms with Crippen LogP contribution in [0.1, 0.15) is 132 Å². The second-order valence-corrected chi connectivity index (χ2v) is 20.5. The topological polar surface area (TPSA) is 147 Å². The van der Waals surface area contributed by atoms with Crippen molar-refractivity contribution in [3.63, 3.8) is 0 Å². The summed E-state index contributed by atoms with van der Waals surface area (Å²) >= 11 is 0. The minimum absolute atomic E-state index is 0.0149. The van der Waals surface area contributed by atoms with E-state index >= 15 is 0 Å². The number of carbonyl (C=O) groups is 4. The molecule has 0 radical (unpaired) electrons. The molecule has 1 amide bonds. The van der Waals surface area contributed by atoms with Gasteiger partial charge in [0.05, 0.1) is 24.5 Å². The van der Waals surface area contributed by atoms with Crippen LogP contribution in [0.3, 0.4) is 0 Å². The van der Waals surface area contributed by atoms with Gasteiger partial charge in [-0.3, -0.25) is 19.2 Å². The highest BCUT2D eigenvalue weighted by atomic mass is 16.5. The molecule has 9 nitrogen and oxygen atoms in total. The van der Waals surface area contributed by atoms with E-state index in [0.29, 0.717) is 24.8 Å². The van der Waals surface area contributed by atoms with Crippen molar-refractivity contribution in [2.45, 2.75) is 145 Å². The van der Waals surface area contributed by atoms with Gasteiger partial charge in [0.2, 0.25) is 5.91 Å². The molecule has 5 aliphatic rings. The van der Waals surface area contributed by atoms with Crippen LogP contribution in [0.4, 0.5) is 0 Å². The van der Waals surface area contributed by atoms with Gasteiger partial charge >= 0.3 is 11.9 Å². The van der Waals surface area contributed by atoms with Gasteiger partial charge in [0.25, 0.3) is 0 Å². The summed E-state index contributed by atoms with van der Waals surface area (Å²) in [7, 11) is 0. The summed E-state index contributed by atoms with van der Waals surface area (Å²) in [5.41, 5.74) is 6.70. The molecule has 4 N–H and O–H groups in total. The molecule has 0 saturated heterocycles. The number of allylic oxidation sites excluding steroid dienone is 1. The first-order valence-corrected chi connectivity index (χ1v) is 21.0. The van der Waals surface area contributed by atoms with Crippen LogP contribution in [-0.4, -0.2) is 64.0 Å². The summed E-state index contributed by atoms with van der Waals surface area (Å²) in [5.74, 6) is -0.563. The zero-order chi connectivity index (χ0) is 40.5. The van der Waals surface area contributed by atoms with Gasteiger partial charge in [-0.15, -0.1) is 0 Å². The Bertz CT molecular complexity index is 1720. The van der Waals surface area contributed by atoms with Crippen LogP contribution in [0.5, 0.6) is 0 Å². The lowest BCUT2D eigenvalue weighted by atomic mass is 9.33. The van der Waals surface area contributed by atoms with Gasteiger partial charge in [-0.2, -0.15) is 0 Å². The highest BCUT2D eigenvalue weighted by Gasteiger charge is 2.71. The number of aliphatic hydroxyl groups excluding tert-OH is 1. The molecule has 0 bridgehead atoms. The largest absolute Gasteiger partial charge is 0.481 e. The average molecular weight is 761 g/mol. The van der Waals surface area contributed by atoms with Gasteiger partial charge < -0.3 is 25.6 Å². The van der Waals surface area contributed by atoms with E-state index in [1.54, 1.807) is 18.7 Å². The Morgan fingerprint density at radius 1 is 0.927 bits per heavy atom. The van der Waals surface area contributed by atoms with Gasteiger partial charge in [-0.25, -0.2) is 0 Å². The number of Topliss-reactive ketones (excluding diaryl/α,β-unsaturated/α-hetero) is 1. The molecular formula is C46H68N2O7. The van der Waals surface area contributed by atoms with Crippen molar-refractivity contribution in [2.24, 2.45) is 61.9 Å². The first-order valence-electron chi connectivity index (χ1n) is 21.0. The molecule has 1 aromatic rings. The number of carboxylic acid groups (broad SMARTS) is 1. The summed E-state index contributed by atoms with van der Waals surface area (Å²) < 4.78 is 6.17. The number of nitrogens with zero attached hydrogens (tertiary/aromatic N) is 1. The normalized spacial score (nSPS) is 36.0. The number of fused-ring (bicyclic) bond motifs is 7. The Balaban J connectivity index is 1.30. The predicted molar refractivity (Wildman–Crippen MR) is 212 cm³/mol. The number of ether oxygens (including phenoxy) is 1. The van der Waals surface area contributed by atoms with Crippen LogP contribution < -0.4 is 5.73 Å². The van der Waals surface area contributed by atoms with Crippen molar-refractivity contribution in [2.75, 3.05) is 13.1 Å². The van der Waals surface area contributed by atoms with E-state index in [9.17, 15) is 29.4 Å². The minimum Gasteiger partial charge on any atom is -0.481 e. The third kappa shape index (κ3) is 6.61. The second-order valence-electron chi connectivity index (χ2n) is 20.5. The number of aliphatic hydroxyl groups is 1. The molecule has 1 aromatic carbocycles. The van der Waals surface area contributed by atoms with Crippen LogP contribution in [-0.2, 0) is 30.5 Å². The molecule has 0 aliphatic heterocycles. The highest BCUT2D eigenvalue weighted by Crippen LogP contribution is 2.77. The van der Waals surface area contributed by atoms with E-state index in [-0.39, 0.29) is 77.2 Å². The standard InChI is InChI=1S/C46H68N2O7/c1-28(2)38-31(49)23-46(34(50)27-48(36(51)25-47)26-29-13-11-10-12-14-29)22-21-44(8)30(39(38)46)15-16-33-43(7)19-18-35(55-37(52)24-41(3,4)40(53)54)42(5,6)32(43)17-20-45(33,44)9/h10-14,28,30,32-35,50H,15-27,47H2,1-9H3,(H,53,54). The van der Waals surface area contributed by atoms with Crippen molar-refractivity contribution < 1.29 is 34.1 Å². The number of amides is 1. The van der Waals surface area contributed by atoms with Crippen molar-refractivity contribution in [3.8, 4) is 0 Å². The van der Waals surface area contributed by atoms with Crippen LogP contribution in [0.15, 0.2) is 41.5 Å². The molecule has 9 heteroatoms. The number of hydrogen-bond acceptors (Lipinski definition) is 7. The Morgan fingerprint density at radius 3 is 2.22 bits per heavy atom. The predicted octanol–water partition coefficient (Wildman–Crippen LogP) is 7.73. The molecule has 9 atom stereocenters. The highest BCUT2D eigenvalue weighted by molar-refractivity contribution is 6.00. The van der Waals surface area contributed by atoms with Crippen LogP contribution in [0.2, 0.25) is 0 Å². The summed E-state index contributed by atoms with van der Waals surface area (Å²) in [4.78, 5) is 54.0. The fraction of sp³-hybridized carbons (Fsp3) is 0.739. The Labute approximate surface area is 329 Å². The molecule has 4 fully saturated rings. The lowest BCUT2D eigenvalue weighted by molar-refractivity contribution is -0.235. The van der Waals surface area contributed by atoms with E-state index in [2.05, 4.69) is 48.5 Å². The average Bonchev–Trinajstić information content (AvgIpc) is 3.42. The molecular weight excluding hydrogens is 693 g/mol. The number of hydrogen-bond donors (Lipinski definition) is 3. The minimum atomic E-state index is -1.18. The maximum Gasteiger partial charge on any atom is 0.309 e. The van der Waals surface area contributed by atoms with Gasteiger partial charge in [-0.1, -0.05) is 84.4 Å². The number of rotatable bonds is 11. The number of benzene rings is 1. The summed E-state index contributed by atoms with van der Waals surface area (Å²) in [6.45, 7) is 19.7. The second kappa shape index (κ2) is 14.4. The fourth-order valence-electron chi connectivity index (χ4n) is 13.5. The Kier molecular flexibility index (Phi) is 10.9. The number of carbonyl (C=O) groups excluding carboxylic acids is 3. The molecule has 0 aromatic heterocycles. The van der Waals surface area contributed by atoms with Gasteiger partial charge in [0, 0.05) is 30.3 Å². The Morgan fingerprint density at radius 2 is 1.60 bits per heavy atom. The maximum atomic E-state index is 14.2. The van der Waals surface area contributed by atoms with E-state index in [0.717, 1.165) is 56.1 Å². The molecule has 0 heterocycles. The zero-order valence-corrected chi connectivity index (χ0v) is 35.0. The molecule has 4 saturated carbocycles. The van der Waals surface area contributed by atoms with Gasteiger partial charge in [0.15, 0.2) is 5.78 Å². The zero-order valence-electron chi connectivity index (χ0n) is 35.0. The van der Waals surface area contributed by atoms with Crippen LogP contribution in [0.25, 0.3) is 0 Å². The summed E-state index contributed by atoms with van der Waals surface area (Å²) in [5, 5.41) is 22.1.